The van der Waals surface area contributed by atoms with Crippen molar-refractivity contribution in [2.75, 3.05) is 14.2 Å². The van der Waals surface area contributed by atoms with Crippen LogP contribution in [0.5, 0.6) is 5.75 Å². The number of hydrogen-bond donors (Lipinski definition) is 0. The maximum absolute atomic E-state index is 12.8. The van der Waals surface area contributed by atoms with Gasteiger partial charge in [-0.2, -0.15) is 13.2 Å². The van der Waals surface area contributed by atoms with Gasteiger partial charge in [0.15, 0.2) is 0 Å². The van der Waals surface area contributed by atoms with Gasteiger partial charge in [-0.05, 0) is 29.3 Å². The van der Waals surface area contributed by atoms with E-state index in [1.165, 1.54) is 32.6 Å². The Morgan fingerprint density at radius 3 is 2.46 bits per heavy atom. The number of rotatable bonds is 6. The molecular formula is C19H17F3O4. The van der Waals surface area contributed by atoms with Crippen LogP contribution in [0.15, 0.2) is 54.8 Å². The first kappa shape index (κ1) is 19.4. The highest BCUT2D eigenvalue weighted by atomic mass is 19.4. The highest BCUT2D eigenvalue weighted by Crippen LogP contribution is 2.31. The molecule has 26 heavy (non-hydrogen) atoms. The van der Waals surface area contributed by atoms with Gasteiger partial charge < -0.3 is 14.2 Å². The summed E-state index contributed by atoms with van der Waals surface area (Å²) in [6, 6.07) is 11.4. The van der Waals surface area contributed by atoms with Crippen LogP contribution in [0, 0.1) is 0 Å². The maximum atomic E-state index is 12.8. The third-order valence-corrected chi connectivity index (χ3v) is 3.50. The Morgan fingerprint density at radius 1 is 1.08 bits per heavy atom. The highest BCUT2D eigenvalue weighted by molar-refractivity contribution is 6.16. The summed E-state index contributed by atoms with van der Waals surface area (Å²) >= 11 is 0. The molecule has 0 amide bonds. The van der Waals surface area contributed by atoms with Gasteiger partial charge in [-0.25, -0.2) is 4.79 Å². The Kier molecular flexibility index (Phi) is 6.27. The van der Waals surface area contributed by atoms with Crippen molar-refractivity contribution in [3.05, 3.63) is 71.5 Å². The Bertz CT molecular complexity index is 797. The minimum absolute atomic E-state index is 0.0322. The van der Waals surface area contributed by atoms with Crippen LogP contribution in [0.1, 0.15) is 16.7 Å². The molecule has 0 fully saturated rings. The summed E-state index contributed by atoms with van der Waals surface area (Å²) in [7, 11) is 2.64. The predicted molar refractivity (Wildman–Crippen MR) is 89.2 cm³/mol. The van der Waals surface area contributed by atoms with E-state index < -0.39 is 17.7 Å². The lowest BCUT2D eigenvalue weighted by molar-refractivity contribution is -0.137. The zero-order valence-corrected chi connectivity index (χ0v) is 14.2. The SMILES string of the molecule is COC=C(C(=O)OC)c1ccccc1COc1cccc(C(F)(F)F)c1. The first-order valence-electron chi connectivity index (χ1n) is 7.56. The maximum Gasteiger partial charge on any atom is 0.416 e. The van der Waals surface area contributed by atoms with Crippen LogP contribution in [0.3, 0.4) is 0 Å². The molecule has 0 aliphatic carbocycles. The fourth-order valence-electron chi connectivity index (χ4n) is 2.28. The van der Waals surface area contributed by atoms with Crippen LogP contribution >= 0.6 is 0 Å². The number of carbonyl (C=O) groups excluding carboxylic acids is 1. The molecule has 0 saturated carbocycles. The van der Waals surface area contributed by atoms with E-state index in [0.717, 1.165) is 12.1 Å². The van der Waals surface area contributed by atoms with E-state index in [1.54, 1.807) is 24.3 Å². The molecule has 0 spiro atoms. The lowest BCUT2D eigenvalue weighted by Crippen LogP contribution is -2.09. The van der Waals surface area contributed by atoms with Gasteiger partial charge in [-0.15, -0.1) is 0 Å². The Balaban J connectivity index is 2.26. The van der Waals surface area contributed by atoms with Crippen molar-refractivity contribution in [1.82, 2.24) is 0 Å². The first-order valence-corrected chi connectivity index (χ1v) is 7.56. The minimum Gasteiger partial charge on any atom is -0.503 e. The van der Waals surface area contributed by atoms with Crippen molar-refractivity contribution in [1.29, 1.82) is 0 Å². The lowest BCUT2D eigenvalue weighted by atomic mass is 10.0. The number of halogens is 3. The van der Waals surface area contributed by atoms with Gasteiger partial charge in [-0.3, -0.25) is 0 Å². The quantitative estimate of drug-likeness (QED) is 0.431. The predicted octanol–water partition coefficient (Wildman–Crippen LogP) is 4.44. The monoisotopic (exact) mass is 366 g/mol. The second-order valence-electron chi connectivity index (χ2n) is 5.23. The number of carbonyl (C=O) groups is 1. The number of hydrogen-bond acceptors (Lipinski definition) is 4. The number of methoxy groups -OCH3 is 2. The third-order valence-electron chi connectivity index (χ3n) is 3.50. The van der Waals surface area contributed by atoms with Gasteiger partial charge in [0, 0.05) is 0 Å². The average molecular weight is 366 g/mol. The lowest BCUT2D eigenvalue weighted by Gasteiger charge is -2.14. The van der Waals surface area contributed by atoms with Gasteiger partial charge in [0.1, 0.15) is 17.9 Å². The molecule has 7 heteroatoms. The molecular weight excluding hydrogens is 349 g/mol. The van der Waals surface area contributed by atoms with E-state index in [9.17, 15) is 18.0 Å². The Hall–Kier alpha value is -2.96. The molecule has 0 radical (unpaired) electrons. The summed E-state index contributed by atoms with van der Waals surface area (Å²) in [4.78, 5) is 11.9. The van der Waals surface area contributed by atoms with Gasteiger partial charge >= 0.3 is 12.1 Å². The summed E-state index contributed by atoms with van der Waals surface area (Å²) in [5.74, 6) is -0.525. The molecule has 2 aromatic rings. The summed E-state index contributed by atoms with van der Waals surface area (Å²) in [5.41, 5.74) is 0.489. The highest BCUT2D eigenvalue weighted by Gasteiger charge is 2.30. The standard InChI is InChI=1S/C19H17F3O4/c1-24-12-17(18(23)25-2)16-9-4-3-6-13(16)11-26-15-8-5-7-14(10-15)19(20,21)22/h3-10,12H,11H2,1-2H3. The molecule has 0 aliphatic heterocycles. The van der Waals surface area contributed by atoms with Crippen molar-refractivity contribution in [2.24, 2.45) is 0 Å². The zero-order chi connectivity index (χ0) is 19.2. The molecule has 0 aliphatic rings. The molecule has 0 N–H and O–H groups in total. The fraction of sp³-hybridized carbons (Fsp3) is 0.211. The van der Waals surface area contributed by atoms with E-state index in [1.807, 2.05) is 0 Å². The number of esters is 1. The average Bonchev–Trinajstić information content (AvgIpc) is 2.64. The summed E-state index contributed by atoms with van der Waals surface area (Å²) < 4.78 is 53.5. The number of alkyl halides is 3. The van der Waals surface area contributed by atoms with E-state index >= 15 is 0 Å². The van der Waals surface area contributed by atoms with Crippen molar-refractivity contribution >= 4 is 11.5 Å². The minimum atomic E-state index is -4.45. The first-order chi connectivity index (χ1) is 12.4. The molecule has 0 atom stereocenters. The van der Waals surface area contributed by atoms with Gasteiger partial charge in [0.2, 0.25) is 0 Å². The Morgan fingerprint density at radius 2 is 1.81 bits per heavy atom. The number of ether oxygens (including phenoxy) is 3. The zero-order valence-electron chi connectivity index (χ0n) is 14.2. The van der Waals surface area contributed by atoms with E-state index in [0.29, 0.717) is 11.1 Å². The molecule has 0 unspecified atom stereocenters. The molecule has 2 rings (SSSR count). The summed E-state index contributed by atoms with van der Waals surface area (Å²) in [6.45, 7) is -0.0322. The Labute approximate surface area is 148 Å². The second kappa shape index (κ2) is 8.42. The van der Waals surface area contributed by atoms with Gasteiger partial charge in [0.05, 0.1) is 26.0 Å². The largest absolute Gasteiger partial charge is 0.503 e. The van der Waals surface area contributed by atoms with Gasteiger partial charge in [0.25, 0.3) is 0 Å². The van der Waals surface area contributed by atoms with Crippen LogP contribution in [0.2, 0.25) is 0 Å². The normalized spacial score (nSPS) is 11.8. The van der Waals surface area contributed by atoms with Crippen molar-refractivity contribution < 1.29 is 32.2 Å². The van der Waals surface area contributed by atoms with Crippen LogP contribution in [-0.4, -0.2) is 20.2 Å². The van der Waals surface area contributed by atoms with E-state index in [2.05, 4.69) is 0 Å². The van der Waals surface area contributed by atoms with E-state index in [4.69, 9.17) is 14.2 Å². The van der Waals surface area contributed by atoms with Crippen LogP contribution < -0.4 is 4.74 Å². The summed E-state index contributed by atoms with van der Waals surface area (Å²) in [5, 5.41) is 0. The molecule has 0 bridgehead atoms. The molecule has 4 nitrogen and oxygen atoms in total. The molecule has 0 heterocycles. The smallest absolute Gasteiger partial charge is 0.416 e. The summed E-state index contributed by atoms with van der Waals surface area (Å²) in [6.07, 6.45) is -3.20. The van der Waals surface area contributed by atoms with Crippen molar-refractivity contribution in [3.8, 4) is 5.75 Å². The van der Waals surface area contributed by atoms with Crippen molar-refractivity contribution in [3.63, 3.8) is 0 Å². The molecule has 138 valence electrons. The molecule has 2 aromatic carbocycles. The second-order valence-corrected chi connectivity index (χ2v) is 5.23. The van der Waals surface area contributed by atoms with Crippen LogP contribution in [0.4, 0.5) is 13.2 Å². The van der Waals surface area contributed by atoms with Crippen LogP contribution in [0.25, 0.3) is 5.57 Å². The topological polar surface area (TPSA) is 44.8 Å². The van der Waals surface area contributed by atoms with E-state index in [-0.39, 0.29) is 17.9 Å². The molecule has 0 saturated heterocycles. The fourth-order valence-corrected chi connectivity index (χ4v) is 2.28. The van der Waals surface area contributed by atoms with Crippen molar-refractivity contribution in [2.45, 2.75) is 12.8 Å². The molecule has 0 aromatic heterocycles. The number of benzene rings is 2. The van der Waals surface area contributed by atoms with Crippen LogP contribution in [-0.2, 0) is 27.1 Å². The third kappa shape index (κ3) is 4.78. The van der Waals surface area contributed by atoms with Gasteiger partial charge in [-0.1, -0.05) is 30.3 Å².